The van der Waals surface area contributed by atoms with Crippen molar-refractivity contribution in [2.45, 2.75) is 6.18 Å². The average Bonchev–Trinajstić information content (AvgIpc) is 2.63. The standard InChI is InChI=1S/C17H13F4N5/c1-22-16-24-13(10-5-7-23-8-6-10)9-14(26-16)25-15-11(17(19,20)21)3-2-4-12(15)18/h2-9H,1H3,(H2,22,24,25,26). The van der Waals surface area contributed by atoms with Gasteiger partial charge in [-0.3, -0.25) is 4.98 Å². The summed E-state index contributed by atoms with van der Waals surface area (Å²) in [6, 6.07) is 7.57. The topological polar surface area (TPSA) is 62.7 Å². The third-order valence-corrected chi connectivity index (χ3v) is 3.50. The number of para-hydroxylation sites is 1. The number of hydrogen-bond donors (Lipinski definition) is 2. The molecule has 0 radical (unpaired) electrons. The van der Waals surface area contributed by atoms with Gasteiger partial charge < -0.3 is 10.6 Å². The highest BCUT2D eigenvalue weighted by atomic mass is 19.4. The van der Waals surface area contributed by atoms with Crippen LogP contribution in [0.4, 0.5) is 35.0 Å². The van der Waals surface area contributed by atoms with Crippen LogP contribution in [0.15, 0.2) is 48.8 Å². The fraction of sp³-hybridized carbons (Fsp3) is 0.118. The van der Waals surface area contributed by atoms with Crippen molar-refractivity contribution in [1.29, 1.82) is 0 Å². The molecule has 0 aliphatic heterocycles. The first kappa shape index (κ1) is 17.6. The van der Waals surface area contributed by atoms with Crippen LogP contribution in [0.3, 0.4) is 0 Å². The molecule has 0 amide bonds. The maximum Gasteiger partial charge on any atom is 0.418 e. The number of rotatable bonds is 4. The van der Waals surface area contributed by atoms with Crippen molar-refractivity contribution < 1.29 is 17.6 Å². The minimum Gasteiger partial charge on any atom is -0.357 e. The molecule has 0 aliphatic carbocycles. The molecule has 3 aromatic rings. The Hall–Kier alpha value is -3.23. The first-order valence-corrected chi connectivity index (χ1v) is 7.48. The van der Waals surface area contributed by atoms with Gasteiger partial charge in [0, 0.05) is 31.1 Å². The molecule has 5 nitrogen and oxygen atoms in total. The third kappa shape index (κ3) is 3.71. The number of pyridine rings is 1. The van der Waals surface area contributed by atoms with E-state index in [0.29, 0.717) is 11.3 Å². The monoisotopic (exact) mass is 363 g/mol. The van der Waals surface area contributed by atoms with Crippen LogP contribution in [0.5, 0.6) is 0 Å². The van der Waals surface area contributed by atoms with Gasteiger partial charge in [-0.2, -0.15) is 18.2 Å². The summed E-state index contributed by atoms with van der Waals surface area (Å²) < 4.78 is 53.5. The van der Waals surface area contributed by atoms with Crippen molar-refractivity contribution in [1.82, 2.24) is 15.0 Å². The molecular formula is C17H13F4N5. The van der Waals surface area contributed by atoms with Gasteiger partial charge in [0.1, 0.15) is 11.6 Å². The molecule has 3 rings (SSSR count). The van der Waals surface area contributed by atoms with Crippen molar-refractivity contribution >= 4 is 17.5 Å². The second-order valence-electron chi connectivity index (χ2n) is 5.23. The molecule has 2 aromatic heterocycles. The quantitative estimate of drug-likeness (QED) is 0.669. The van der Waals surface area contributed by atoms with Crippen LogP contribution < -0.4 is 10.6 Å². The molecule has 134 valence electrons. The number of hydrogen-bond acceptors (Lipinski definition) is 5. The van der Waals surface area contributed by atoms with E-state index in [1.165, 1.54) is 6.07 Å². The van der Waals surface area contributed by atoms with Gasteiger partial charge in [0.05, 0.1) is 16.9 Å². The first-order chi connectivity index (χ1) is 12.4. The molecular weight excluding hydrogens is 350 g/mol. The predicted molar refractivity (Wildman–Crippen MR) is 89.5 cm³/mol. The number of nitrogens with one attached hydrogen (secondary N) is 2. The van der Waals surface area contributed by atoms with Gasteiger partial charge in [-0.25, -0.2) is 9.37 Å². The summed E-state index contributed by atoms with van der Waals surface area (Å²) >= 11 is 0. The van der Waals surface area contributed by atoms with E-state index < -0.39 is 23.2 Å². The third-order valence-electron chi connectivity index (χ3n) is 3.50. The minimum atomic E-state index is -4.71. The van der Waals surface area contributed by atoms with Crippen LogP contribution in [-0.4, -0.2) is 22.0 Å². The zero-order chi connectivity index (χ0) is 18.7. The summed E-state index contributed by atoms with van der Waals surface area (Å²) in [4.78, 5) is 12.2. The highest BCUT2D eigenvalue weighted by Crippen LogP contribution is 2.37. The number of benzene rings is 1. The smallest absolute Gasteiger partial charge is 0.357 e. The van der Waals surface area contributed by atoms with Crippen molar-refractivity contribution in [2.75, 3.05) is 17.7 Å². The Bertz CT molecular complexity index is 913. The van der Waals surface area contributed by atoms with Crippen LogP contribution >= 0.6 is 0 Å². The summed E-state index contributed by atoms with van der Waals surface area (Å²) in [5, 5.41) is 5.16. The Morgan fingerprint density at radius 3 is 2.38 bits per heavy atom. The second kappa shape index (κ2) is 6.95. The first-order valence-electron chi connectivity index (χ1n) is 7.48. The molecule has 26 heavy (non-hydrogen) atoms. The van der Waals surface area contributed by atoms with Gasteiger partial charge in [0.2, 0.25) is 5.95 Å². The van der Waals surface area contributed by atoms with Gasteiger partial charge in [-0.05, 0) is 24.3 Å². The number of anilines is 3. The van der Waals surface area contributed by atoms with Gasteiger partial charge in [-0.1, -0.05) is 6.07 Å². The molecule has 0 spiro atoms. The zero-order valence-corrected chi connectivity index (χ0v) is 13.5. The summed E-state index contributed by atoms with van der Waals surface area (Å²) in [7, 11) is 1.57. The van der Waals surface area contributed by atoms with Crippen LogP contribution in [-0.2, 0) is 6.18 Å². The van der Waals surface area contributed by atoms with Crippen molar-refractivity contribution in [3.8, 4) is 11.3 Å². The highest BCUT2D eigenvalue weighted by molar-refractivity contribution is 5.69. The number of aromatic nitrogens is 3. The van der Waals surface area contributed by atoms with Crippen LogP contribution in [0.2, 0.25) is 0 Å². The number of nitrogens with zero attached hydrogens (tertiary/aromatic N) is 3. The molecule has 0 aliphatic rings. The lowest BCUT2D eigenvalue weighted by Crippen LogP contribution is -2.11. The number of alkyl halides is 3. The summed E-state index contributed by atoms with van der Waals surface area (Å²) in [5.74, 6) is -0.839. The molecule has 0 atom stereocenters. The Morgan fingerprint density at radius 2 is 1.73 bits per heavy atom. The van der Waals surface area contributed by atoms with Crippen LogP contribution in [0.1, 0.15) is 5.56 Å². The maximum absolute atomic E-state index is 14.0. The Kier molecular flexibility index (Phi) is 4.70. The molecule has 2 heterocycles. The Balaban J connectivity index is 2.07. The second-order valence-corrected chi connectivity index (χ2v) is 5.23. The molecule has 0 bridgehead atoms. The zero-order valence-electron chi connectivity index (χ0n) is 13.5. The van der Waals surface area contributed by atoms with Crippen molar-refractivity contribution in [2.24, 2.45) is 0 Å². The van der Waals surface area contributed by atoms with Crippen LogP contribution in [0.25, 0.3) is 11.3 Å². The molecule has 0 fully saturated rings. The normalized spacial score (nSPS) is 11.3. The SMILES string of the molecule is CNc1nc(Nc2c(F)cccc2C(F)(F)F)cc(-c2ccncc2)n1. The lowest BCUT2D eigenvalue weighted by Gasteiger charge is -2.15. The van der Waals surface area contributed by atoms with Gasteiger partial charge in [0.15, 0.2) is 0 Å². The molecule has 1 aromatic carbocycles. The lowest BCUT2D eigenvalue weighted by atomic mass is 10.1. The maximum atomic E-state index is 14.0. The van der Waals surface area contributed by atoms with Crippen molar-refractivity contribution in [3.05, 3.63) is 60.2 Å². The molecule has 0 unspecified atom stereocenters. The lowest BCUT2D eigenvalue weighted by molar-refractivity contribution is -0.137. The predicted octanol–water partition coefficient (Wildman–Crippen LogP) is 4.48. The average molecular weight is 363 g/mol. The van der Waals surface area contributed by atoms with E-state index in [9.17, 15) is 17.6 Å². The molecule has 0 saturated carbocycles. The van der Waals surface area contributed by atoms with E-state index in [2.05, 4.69) is 25.6 Å². The fourth-order valence-electron chi connectivity index (χ4n) is 2.31. The summed E-state index contributed by atoms with van der Waals surface area (Å²) in [6.45, 7) is 0. The molecule has 2 N–H and O–H groups in total. The largest absolute Gasteiger partial charge is 0.418 e. The fourth-order valence-corrected chi connectivity index (χ4v) is 2.31. The van der Waals surface area contributed by atoms with E-state index in [1.54, 1.807) is 31.6 Å². The van der Waals surface area contributed by atoms with E-state index in [1.807, 2.05) is 0 Å². The molecule has 9 heteroatoms. The summed E-state index contributed by atoms with van der Waals surface area (Å²) in [5.41, 5.74) is -0.681. The van der Waals surface area contributed by atoms with Gasteiger partial charge in [0.25, 0.3) is 0 Å². The van der Waals surface area contributed by atoms with E-state index in [4.69, 9.17) is 0 Å². The number of halogens is 4. The molecule has 0 saturated heterocycles. The Labute approximate surface area is 146 Å². The highest BCUT2D eigenvalue weighted by Gasteiger charge is 2.34. The van der Waals surface area contributed by atoms with Gasteiger partial charge in [-0.15, -0.1) is 0 Å². The summed E-state index contributed by atoms with van der Waals surface area (Å²) in [6.07, 6.45) is -1.60. The van der Waals surface area contributed by atoms with E-state index >= 15 is 0 Å². The van der Waals surface area contributed by atoms with Crippen molar-refractivity contribution in [3.63, 3.8) is 0 Å². The van der Waals surface area contributed by atoms with Gasteiger partial charge >= 0.3 is 6.18 Å². The van der Waals surface area contributed by atoms with E-state index in [0.717, 1.165) is 18.2 Å². The Morgan fingerprint density at radius 1 is 1.00 bits per heavy atom. The van der Waals surface area contributed by atoms with E-state index in [-0.39, 0.29) is 11.8 Å². The van der Waals surface area contributed by atoms with Crippen LogP contribution in [0, 0.1) is 5.82 Å². The minimum absolute atomic E-state index is 0.0202.